The summed E-state index contributed by atoms with van der Waals surface area (Å²) in [6.07, 6.45) is 2.20. The van der Waals surface area contributed by atoms with E-state index in [1.54, 1.807) is 11.1 Å². The van der Waals surface area contributed by atoms with Gasteiger partial charge in [0.25, 0.3) is 0 Å². The van der Waals surface area contributed by atoms with Crippen LogP contribution in [0.15, 0.2) is 24.4 Å². The van der Waals surface area contributed by atoms with Crippen molar-refractivity contribution in [1.29, 1.82) is 0 Å². The molecule has 1 unspecified atom stereocenters. The van der Waals surface area contributed by atoms with Gasteiger partial charge in [-0.25, -0.2) is 4.79 Å². The maximum absolute atomic E-state index is 11.7. The largest absolute Gasteiger partial charge is 0.481 e. The van der Waals surface area contributed by atoms with Crippen LogP contribution in [0.25, 0.3) is 0 Å². The fraction of sp³-hybridized carbons (Fsp3) is 0.417. The summed E-state index contributed by atoms with van der Waals surface area (Å²) in [6, 6.07) is 5.30. The molecular formula is C12H15N3O3. The summed E-state index contributed by atoms with van der Waals surface area (Å²) in [5, 5.41) is 11.4. The number of hydrogen-bond acceptors (Lipinski definition) is 3. The molecule has 1 aromatic heterocycles. The van der Waals surface area contributed by atoms with Gasteiger partial charge in [-0.15, -0.1) is 0 Å². The van der Waals surface area contributed by atoms with Crippen LogP contribution in [0.5, 0.6) is 0 Å². The molecule has 2 rings (SSSR count). The van der Waals surface area contributed by atoms with Gasteiger partial charge in [0.1, 0.15) is 0 Å². The van der Waals surface area contributed by atoms with E-state index in [4.69, 9.17) is 5.11 Å². The van der Waals surface area contributed by atoms with Crippen LogP contribution in [-0.2, 0) is 11.3 Å². The highest BCUT2D eigenvalue weighted by Crippen LogP contribution is 2.15. The second-order valence-electron chi connectivity index (χ2n) is 4.22. The average molecular weight is 249 g/mol. The van der Waals surface area contributed by atoms with E-state index in [0.717, 1.165) is 5.69 Å². The molecule has 0 aliphatic carbocycles. The number of nitrogens with zero attached hydrogens (tertiary/aromatic N) is 2. The lowest BCUT2D eigenvalue weighted by Gasteiger charge is -2.22. The number of carboxylic acid groups (broad SMARTS) is 1. The van der Waals surface area contributed by atoms with E-state index in [1.807, 2.05) is 18.2 Å². The molecule has 6 nitrogen and oxygen atoms in total. The van der Waals surface area contributed by atoms with Crippen molar-refractivity contribution in [3.05, 3.63) is 30.1 Å². The van der Waals surface area contributed by atoms with Gasteiger partial charge in [0, 0.05) is 19.2 Å². The molecule has 0 spiro atoms. The Bertz CT molecular complexity index is 435. The first-order valence-electron chi connectivity index (χ1n) is 5.83. The van der Waals surface area contributed by atoms with Gasteiger partial charge in [-0.05, 0) is 18.6 Å². The summed E-state index contributed by atoms with van der Waals surface area (Å²) >= 11 is 0. The van der Waals surface area contributed by atoms with Gasteiger partial charge in [0.2, 0.25) is 0 Å². The molecule has 2 N–H and O–H groups in total. The van der Waals surface area contributed by atoms with Crippen LogP contribution < -0.4 is 5.32 Å². The van der Waals surface area contributed by atoms with E-state index < -0.39 is 5.97 Å². The van der Waals surface area contributed by atoms with Crippen LogP contribution in [-0.4, -0.2) is 39.6 Å². The Morgan fingerprint density at radius 2 is 2.39 bits per heavy atom. The van der Waals surface area contributed by atoms with Gasteiger partial charge in [0.15, 0.2) is 0 Å². The molecule has 0 radical (unpaired) electrons. The zero-order chi connectivity index (χ0) is 13.0. The maximum atomic E-state index is 11.7. The number of nitrogens with one attached hydrogen (secondary N) is 1. The zero-order valence-corrected chi connectivity index (χ0v) is 9.87. The molecule has 2 heterocycles. The third kappa shape index (κ3) is 2.97. The molecule has 1 aliphatic rings. The zero-order valence-electron chi connectivity index (χ0n) is 9.87. The smallest absolute Gasteiger partial charge is 0.318 e. The lowest BCUT2D eigenvalue weighted by Crippen LogP contribution is -2.34. The van der Waals surface area contributed by atoms with E-state index in [1.165, 1.54) is 0 Å². The van der Waals surface area contributed by atoms with Crippen molar-refractivity contribution in [3.8, 4) is 0 Å². The summed E-state index contributed by atoms with van der Waals surface area (Å²) in [5.41, 5.74) is 0.801. The number of carbonyl (C=O) groups excluding carboxylic acids is 1. The second kappa shape index (κ2) is 5.48. The van der Waals surface area contributed by atoms with E-state index >= 15 is 0 Å². The van der Waals surface area contributed by atoms with Gasteiger partial charge in [-0.1, -0.05) is 6.07 Å². The van der Waals surface area contributed by atoms with Gasteiger partial charge in [0.05, 0.1) is 18.3 Å². The normalized spacial score (nSPS) is 18.8. The standard InChI is InChI=1S/C12H15N3O3/c16-11(17)5-4-10-7-14-12(18)15(10)8-9-3-1-2-6-13-9/h1-3,6,10H,4-5,7-8H2,(H,14,18)(H,16,17). The molecule has 1 aromatic rings. The number of urea groups is 1. The minimum absolute atomic E-state index is 0.0678. The van der Waals surface area contributed by atoms with Crippen LogP contribution in [0.1, 0.15) is 18.5 Å². The van der Waals surface area contributed by atoms with Crippen LogP contribution >= 0.6 is 0 Å². The van der Waals surface area contributed by atoms with E-state index in [2.05, 4.69) is 10.3 Å². The predicted octanol–water partition coefficient (Wildman–Crippen LogP) is 0.840. The molecule has 0 bridgehead atoms. The van der Waals surface area contributed by atoms with Crippen molar-refractivity contribution in [1.82, 2.24) is 15.2 Å². The Kier molecular flexibility index (Phi) is 3.76. The molecule has 1 saturated heterocycles. The summed E-state index contributed by atoms with van der Waals surface area (Å²) in [6.45, 7) is 0.913. The van der Waals surface area contributed by atoms with Crippen LogP contribution in [0.4, 0.5) is 4.79 Å². The Morgan fingerprint density at radius 3 is 3.06 bits per heavy atom. The monoisotopic (exact) mass is 249 g/mol. The van der Waals surface area contributed by atoms with Crippen LogP contribution in [0.2, 0.25) is 0 Å². The van der Waals surface area contributed by atoms with E-state index in [-0.39, 0.29) is 18.5 Å². The molecule has 1 fully saturated rings. The van der Waals surface area contributed by atoms with Crippen LogP contribution in [0.3, 0.4) is 0 Å². The molecule has 6 heteroatoms. The van der Waals surface area contributed by atoms with Crippen molar-refractivity contribution in [3.63, 3.8) is 0 Å². The molecule has 1 atom stereocenters. The molecule has 0 aromatic carbocycles. The summed E-state index contributed by atoms with van der Waals surface area (Å²) in [7, 11) is 0. The molecule has 1 aliphatic heterocycles. The quantitative estimate of drug-likeness (QED) is 0.810. The summed E-state index contributed by atoms with van der Waals surface area (Å²) in [5.74, 6) is -0.841. The third-order valence-electron chi connectivity index (χ3n) is 2.94. The number of aliphatic carboxylic acids is 1. The van der Waals surface area contributed by atoms with Gasteiger partial charge < -0.3 is 15.3 Å². The Morgan fingerprint density at radius 1 is 1.56 bits per heavy atom. The minimum atomic E-state index is -0.841. The van der Waals surface area contributed by atoms with E-state index in [9.17, 15) is 9.59 Å². The number of pyridine rings is 1. The Hall–Kier alpha value is -2.11. The average Bonchev–Trinajstić information content (AvgIpc) is 2.70. The van der Waals surface area contributed by atoms with Crippen molar-refractivity contribution in [2.75, 3.05) is 6.54 Å². The number of amides is 2. The molecular weight excluding hydrogens is 234 g/mol. The molecule has 0 saturated carbocycles. The van der Waals surface area contributed by atoms with Gasteiger partial charge in [-0.3, -0.25) is 9.78 Å². The maximum Gasteiger partial charge on any atom is 0.318 e. The molecule has 2 amide bonds. The number of carboxylic acids is 1. The van der Waals surface area contributed by atoms with Crippen molar-refractivity contribution in [2.24, 2.45) is 0 Å². The second-order valence-corrected chi connectivity index (χ2v) is 4.22. The van der Waals surface area contributed by atoms with Crippen molar-refractivity contribution >= 4 is 12.0 Å². The topological polar surface area (TPSA) is 82.5 Å². The highest BCUT2D eigenvalue weighted by Gasteiger charge is 2.30. The lowest BCUT2D eigenvalue weighted by atomic mass is 10.1. The molecule has 18 heavy (non-hydrogen) atoms. The predicted molar refractivity (Wildman–Crippen MR) is 63.8 cm³/mol. The van der Waals surface area contributed by atoms with E-state index in [0.29, 0.717) is 19.5 Å². The minimum Gasteiger partial charge on any atom is -0.481 e. The fourth-order valence-electron chi connectivity index (χ4n) is 2.00. The van der Waals surface area contributed by atoms with Crippen molar-refractivity contribution in [2.45, 2.75) is 25.4 Å². The fourth-order valence-corrected chi connectivity index (χ4v) is 2.00. The third-order valence-corrected chi connectivity index (χ3v) is 2.94. The summed E-state index contributed by atoms with van der Waals surface area (Å²) in [4.78, 5) is 28.1. The number of carbonyl (C=O) groups is 2. The first-order chi connectivity index (χ1) is 8.66. The lowest BCUT2D eigenvalue weighted by molar-refractivity contribution is -0.137. The van der Waals surface area contributed by atoms with Gasteiger partial charge >= 0.3 is 12.0 Å². The van der Waals surface area contributed by atoms with Gasteiger partial charge in [-0.2, -0.15) is 0 Å². The Balaban J connectivity index is 1.99. The van der Waals surface area contributed by atoms with Crippen molar-refractivity contribution < 1.29 is 14.7 Å². The Labute approximate surface area is 105 Å². The number of aromatic nitrogens is 1. The van der Waals surface area contributed by atoms with Crippen LogP contribution in [0, 0.1) is 0 Å². The first kappa shape index (κ1) is 12.3. The summed E-state index contributed by atoms with van der Waals surface area (Å²) < 4.78 is 0. The highest BCUT2D eigenvalue weighted by molar-refractivity contribution is 5.77. The first-order valence-corrected chi connectivity index (χ1v) is 5.83. The number of hydrogen-bond donors (Lipinski definition) is 2. The highest BCUT2D eigenvalue weighted by atomic mass is 16.4. The SMILES string of the molecule is O=C(O)CCC1CNC(=O)N1Cc1ccccn1. The number of rotatable bonds is 5. The molecule has 96 valence electrons.